The minimum atomic E-state index is 0. The molecule has 0 atom stereocenters. The van der Waals surface area contributed by atoms with Gasteiger partial charge in [-0.2, -0.15) is 36.4 Å². The van der Waals surface area contributed by atoms with Gasteiger partial charge < -0.3 is 14.9 Å². The number of rotatable bonds is 0. The van der Waals surface area contributed by atoms with Gasteiger partial charge in [-0.15, -0.1) is 0 Å². The van der Waals surface area contributed by atoms with Crippen molar-refractivity contribution in [3.8, 4) is 0 Å². The van der Waals surface area contributed by atoms with Crippen LogP contribution in [0.25, 0.3) is 0 Å². The van der Waals surface area contributed by atoms with Gasteiger partial charge in [0.15, 0.2) is 0 Å². The van der Waals surface area contributed by atoms with E-state index in [0.717, 1.165) is 0 Å². The Kier molecular flexibility index (Phi) is 19.2. The molecule has 0 saturated carbocycles. The molecule has 0 aliphatic carbocycles. The molecule has 0 amide bonds. The van der Waals surface area contributed by atoms with E-state index in [9.17, 15) is 0 Å². The van der Waals surface area contributed by atoms with Gasteiger partial charge in [-0.25, -0.2) is 24.3 Å². The van der Waals surface area contributed by atoms with Gasteiger partial charge in [0.25, 0.3) is 0 Å². The Bertz CT molecular complexity index is 144. The summed E-state index contributed by atoms with van der Waals surface area (Å²) in [7, 11) is 0. The monoisotopic (exact) mass is 212 g/mol. The van der Waals surface area contributed by atoms with Gasteiger partial charge in [-0.1, -0.05) is 0 Å². The van der Waals surface area contributed by atoms with E-state index in [0.29, 0.717) is 0 Å². The second-order valence-corrected chi connectivity index (χ2v) is 1.92. The summed E-state index contributed by atoms with van der Waals surface area (Å²) in [5.74, 6) is 0. The smallest absolute Gasteiger partial charge is 0.358 e. The third-order valence-corrected chi connectivity index (χ3v) is 1.11. The molecule has 70 valence electrons. The van der Waals surface area contributed by atoms with Gasteiger partial charge in [0.1, 0.15) is 0 Å². The molecule has 0 spiro atoms. The van der Waals surface area contributed by atoms with E-state index in [1.54, 1.807) is 0 Å². The predicted octanol–water partition coefficient (Wildman–Crippen LogP) is 3.71. The first-order chi connectivity index (χ1) is 5.00. The van der Waals surface area contributed by atoms with Crippen molar-refractivity contribution in [2.24, 2.45) is 0 Å². The first-order valence-electron chi connectivity index (χ1n) is 3.33. The normalized spacial score (nSPS) is 6.15. The molecular weight excluding hydrogens is 196 g/mol. The molecule has 0 heterocycles. The Hall–Kier alpha value is -0.768. The van der Waals surface area contributed by atoms with Gasteiger partial charge in [0, 0.05) is 0 Å². The molecule has 13 heavy (non-hydrogen) atoms. The standard InChI is InChI=1S/2C5H5.2CH3.Cr/c2*1-2-4-5-3-1;;;/h2*1-5H;2*1H3;/q4*-1;+4. The van der Waals surface area contributed by atoms with Crippen LogP contribution in [-0.4, -0.2) is 0 Å². The Balaban J connectivity index is -0.000000125. The average Bonchev–Trinajstić information content (AvgIpc) is 2.67. The molecule has 2 aromatic carbocycles. The summed E-state index contributed by atoms with van der Waals surface area (Å²) in [5, 5.41) is 0. The third-order valence-electron chi connectivity index (χ3n) is 1.11. The largest absolute Gasteiger partial charge is 4.00 e. The molecule has 0 aromatic heterocycles. The van der Waals surface area contributed by atoms with Crippen LogP contribution in [0.15, 0.2) is 60.7 Å². The summed E-state index contributed by atoms with van der Waals surface area (Å²) < 4.78 is 0. The van der Waals surface area contributed by atoms with Crippen molar-refractivity contribution in [1.29, 1.82) is 0 Å². The molecule has 0 saturated heterocycles. The molecule has 0 fully saturated rings. The quantitative estimate of drug-likeness (QED) is 0.584. The summed E-state index contributed by atoms with van der Waals surface area (Å²) >= 11 is 0. The molecule has 1 heteroatoms. The minimum Gasteiger partial charge on any atom is -0.358 e. The SMILES string of the molecule is [CH3-].[CH3-].[Cr+4].c1cc[cH-]c1.c1cc[cH-]c1. The van der Waals surface area contributed by atoms with Crippen molar-refractivity contribution < 1.29 is 17.4 Å². The van der Waals surface area contributed by atoms with E-state index in [2.05, 4.69) is 0 Å². The van der Waals surface area contributed by atoms with E-state index < -0.39 is 0 Å². The van der Waals surface area contributed by atoms with Crippen molar-refractivity contribution in [2.45, 2.75) is 0 Å². The van der Waals surface area contributed by atoms with Crippen molar-refractivity contribution >= 4 is 0 Å². The van der Waals surface area contributed by atoms with Crippen LogP contribution in [0.3, 0.4) is 0 Å². The van der Waals surface area contributed by atoms with Gasteiger partial charge >= 0.3 is 17.4 Å². The fourth-order valence-corrected chi connectivity index (χ4v) is 0.642. The fraction of sp³-hybridized carbons (Fsp3) is 0. The van der Waals surface area contributed by atoms with Crippen molar-refractivity contribution in [1.82, 2.24) is 0 Å². The zero-order chi connectivity index (χ0) is 7.07. The van der Waals surface area contributed by atoms with Gasteiger partial charge in [-0.05, 0) is 0 Å². The van der Waals surface area contributed by atoms with Crippen molar-refractivity contribution in [2.75, 3.05) is 0 Å². The Morgan fingerprint density at radius 1 is 0.538 bits per heavy atom. The second kappa shape index (κ2) is 13.8. The maximum absolute atomic E-state index is 2.00. The summed E-state index contributed by atoms with van der Waals surface area (Å²) in [4.78, 5) is 0. The predicted molar refractivity (Wildman–Crippen MR) is 56.9 cm³/mol. The van der Waals surface area contributed by atoms with Crippen LogP contribution in [0.5, 0.6) is 0 Å². The Morgan fingerprint density at radius 3 is 0.846 bits per heavy atom. The first-order valence-corrected chi connectivity index (χ1v) is 3.33. The van der Waals surface area contributed by atoms with E-state index in [1.165, 1.54) is 0 Å². The number of hydrogen-bond donors (Lipinski definition) is 0. The van der Waals surface area contributed by atoms with Gasteiger partial charge in [-0.3, -0.25) is 0 Å². The van der Waals surface area contributed by atoms with E-state index in [4.69, 9.17) is 0 Å². The average molecular weight is 212 g/mol. The number of hydrogen-bond acceptors (Lipinski definition) is 0. The zero-order valence-electron chi connectivity index (χ0n) is 8.18. The van der Waals surface area contributed by atoms with Crippen LogP contribution in [0.4, 0.5) is 0 Å². The van der Waals surface area contributed by atoms with Crippen LogP contribution in [-0.2, 0) is 17.4 Å². The van der Waals surface area contributed by atoms with Crippen molar-refractivity contribution in [3.63, 3.8) is 0 Å². The molecule has 2 rings (SSSR count). The summed E-state index contributed by atoms with van der Waals surface area (Å²) in [6.45, 7) is 0. The summed E-state index contributed by atoms with van der Waals surface area (Å²) in [6.07, 6.45) is 0. The molecular formula is C12H16Cr. The van der Waals surface area contributed by atoms with Crippen LogP contribution in [0, 0.1) is 14.9 Å². The third kappa shape index (κ3) is 11.2. The molecule has 0 unspecified atom stereocenters. The molecule has 0 radical (unpaired) electrons. The molecule has 0 bridgehead atoms. The second-order valence-electron chi connectivity index (χ2n) is 1.92. The van der Waals surface area contributed by atoms with E-state index in [1.807, 2.05) is 60.7 Å². The maximum Gasteiger partial charge on any atom is 4.00 e. The maximum atomic E-state index is 2.00. The van der Waals surface area contributed by atoms with Crippen LogP contribution in [0.2, 0.25) is 0 Å². The van der Waals surface area contributed by atoms with E-state index in [-0.39, 0.29) is 32.2 Å². The van der Waals surface area contributed by atoms with Gasteiger partial charge in [0.2, 0.25) is 0 Å². The molecule has 0 N–H and O–H groups in total. The fourth-order valence-electron chi connectivity index (χ4n) is 0.642. The van der Waals surface area contributed by atoms with Crippen LogP contribution in [0.1, 0.15) is 0 Å². The van der Waals surface area contributed by atoms with Crippen LogP contribution >= 0.6 is 0 Å². The Morgan fingerprint density at radius 2 is 0.769 bits per heavy atom. The minimum absolute atomic E-state index is 0. The topological polar surface area (TPSA) is 0 Å². The summed E-state index contributed by atoms with van der Waals surface area (Å²) in [5.41, 5.74) is 0. The molecule has 0 nitrogen and oxygen atoms in total. The molecule has 2 aromatic rings. The van der Waals surface area contributed by atoms with Gasteiger partial charge in [0.05, 0.1) is 0 Å². The zero-order valence-corrected chi connectivity index (χ0v) is 9.46. The summed E-state index contributed by atoms with van der Waals surface area (Å²) in [6, 6.07) is 20.0. The molecule has 0 aliphatic rings. The molecule has 0 aliphatic heterocycles. The van der Waals surface area contributed by atoms with E-state index >= 15 is 0 Å². The van der Waals surface area contributed by atoms with Crippen molar-refractivity contribution in [3.05, 3.63) is 75.5 Å². The first kappa shape index (κ1) is 18.1. The Labute approximate surface area is 93.1 Å². The van der Waals surface area contributed by atoms with Crippen LogP contribution < -0.4 is 0 Å².